The van der Waals surface area contributed by atoms with Gasteiger partial charge in [-0.1, -0.05) is 48.5 Å². The third-order valence-corrected chi connectivity index (χ3v) is 6.42. The highest BCUT2D eigenvalue weighted by atomic mass is 19.3. The zero-order chi connectivity index (χ0) is 24.2. The number of carbonyl (C=O) groups excluding carboxylic acids is 2. The summed E-state index contributed by atoms with van der Waals surface area (Å²) in [6, 6.07) is 13.5. The summed E-state index contributed by atoms with van der Waals surface area (Å²) in [5.74, 6) is -1.99. The van der Waals surface area contributed by atoms with E-state index in [0.29, 0.717) is 12.8 Å². The van der Waals surface area contributed by atoms with Crippen LogP contribution < -0.4 is 5.32 Å². The van der Waals surface area contributed by atoms with Gasteiger partial charge in [0.25, 0.3) is 0 Å². The number of alkyl carbamates (subject to hydrolysis) is 1. The Labute approximate surface area is 195 Å². The number of likely N-dealkylation sites (tertiary alicyclic amines) is 1. The van der Waals surface area contributed by atoms with Gasteiger partial charge in [0.15, 0.2) is 0 Å². The zero-order valence-corrected chi connectivity index (χ0v) is 18.5. The minimum atomic E-state index is -2.83. The zero-order valence-electron chi connectivity index (χ0n) is 18.5. The highest BCUT2D eigenvalue weighted by molar-refractivity contribution is 5.86. The van der Waals surface area contributed by atoms with Crippen LogP contribution >= 0.6 is 0 Å². The van der Waals surface area contributed by atoms with Crippen molar-refractivity contribution in [3.63, 3.8) is 0 Å². The molecule has 9 heteroatoms. The summed E-state index contributed by atoms with van der Waals surface area (Å²) in [4.78, 5) is 37.8. The summed E-state index contributed by atoms with van der Waals surface area (Å²) in [5.41, 5.74) is 4.11. The van der Waals surface area contributed by atoms with Gasteiger partial charge in [-0.2, -0.15) is 0 Å². The minimum Gasteiger partial charge on any atom is -0.481 e. The summed E-state index contributed by atoms with van der Waals surface area (Å²) in [7, 11) is 0. The van der Waals surface area contributed by atoms with Crippen molar-refractivity contribution in [3.8, 4) is 11.1 Å². The molecule has 2 aromatic rings. The van der Waals surface area contributed by atoms with Crippen molar-refractivity contribution in [1.29, 1.82) is 0 Å². The highest BCUT2D eigenvalue weighted by Crippen LogP contribution is 2.44. The van der Waals surface area contributed by atoms with Crippen LogP contribution in [0.25, 0.3) is 11.1 Å². The van der Waals surface area contributed by atoms with Crippen molar-refractivity contribution in [2.45, 2.75) is 50.1 Å². The third kappa shape index (κ3) is 5.03. The Bertz CT molecular complexity index is 1030. The van der Waals surface area contributed by atoms with Crippen molar-refractivity contribution >= 4 is 18.0 Å². The van der Waals surface area contributed by atoms with E-state index in [2.05, 4.69) is 5.32 Å². The fourth-order valence-corrected chi connectivity index (χ4v) is 4.92. The van der Waals surface area contributed by atoms with E-state index in [1.54, 1.807) is 0 Å². The van der Waals surface area contributed by atoms with E-state index in [4.69, 9.17) is 9.84 Å². The lowest BCUT2D eigenvalue weighted by Gasteiger charge is -2.28. The second-order valence-electron chi connectivity index (χ2n) is 8.57. The SMILES string of the molecule is O=C(O)CC1CCCN1C(=O)C(CC(F)F)NC(=O)OCC1c2ccccc2-c2ccccc21. The number of nitrogens with zero attached hydrogens (tertiary/aromatic N) is 1. The van der Waals surface area contributed by atoms with Gasteiger partial charge in [0.1, 0.15) is 12.6 Å². The van der Waals surface area contributed by atoms with Crippen LogP contribution in [-0.2, 0) is 14.3 Å². The molecular weight excluding hydrogens is 446 g/mol. The standard InChI is InChI=1S/C25H26F2N2O5/c26-22(27)13-21(24(32)29-11-5-6-15(29)12-23(30)31)28-25(33)34-14-20-18-9-3-1-7-16(18)17-8-2-4-10-19(17)20/h1-4,7-10,15,20-22H,5-6,11-14H2,(H,28,33)(H,30,31). The first-order valence-corrected chi connectivity index (χ1v) is 11.3. The molecule has 7 nitrogen and oxygen atoms in total. The number of rotatable bonds is 8. The maximum Gasteiger partial charge on any atom is 0.407 e. The first kappa shape index (κ1) is 23.7. The molecule has 2 aliphatic rings. The van der Waals surface area contributed by atoms with Gasteiger partial charge in [0.05, 0.1) is 6.42 Å². The molecule has 0 radical (unpaired) electrons. The predicted octanol–water partition coefficient (Wildman–Crippen LogP) is 4.01. The van der Waals surface area contributed by atoms with Crippen molar-refractivity contribution in [2.24, 2.45) is 0 Å². The molecule has 0 saturated carbocycles. The molecule has 4 rings (SSSR count). The average molecular weight is 472 g/mol. The number of carboxylic acid groups (broad SMARTS) is 1. The molecule has 0 aromatic heterocycles. The highest BCUT2D eigenvalue weighted by Gasteiger charge is 2.37. The van der Waals surface area contributed by atoms with Gasteiger partial charge in [-0.3, -0.25) is 9.59 Å². The molecule has 0 bridgehead atoms. The van der Waals surface area contributed by atoms with Crippen LogP contribution in [0.1, 0.15) is 42.7 Å². The van der Waals surface area contributed by atoms with Crippen LogP contribution in [-0.4, -0.2) is 59.6 Å². The Morgan fingerprint density at radius 3 is 2.26 bits per heavy atom. The van der Waals surface area contributed by atoms with Crippen molar-refractivity contribution in [2.75, 3.05) is 13.2 Å². The number of hydrogen-bond acceptors (Lipinski definition) is 4. The van der Waals surface area contributed by atoms with Crippen LogP contribution in [0.15, 0.2) is 48.5 Å². The first-order chi connectivity index (χ1) is 16.3. The molecule has 2 aromatic carbocycles. The lowest BCUT2D eigenvalue weighted by Crippen LogP contribution is -2.51. The van der Waals surface area contributed by atoms with E-state index < -0.39 is 42.9 Å². The Kier molecular flexibility index (Phi) is 7.09. The molecule has 180 valence electrons. The number of benzene rings is 2. The van der Waals surface area contributed by atoms with Gasteiger partial charge in [-0.25, -0.2) is 13.6 Å². The van der Waals surface area contributed by atoms with E-state index in [1.165, 1.54) is 4.90 Å². The summed E-state index contributed by atoms with van der Waals surface area (Å²) in [6.45, 7) is 0.254. The maximum absolute atomic E-state index is 13.2. The molecule has 34 heavy (non-hydrogen) atoms. The third-order valence-electron chi connectivity index (χ3n) is 6.42. The number of fused-ring (bicyclic) bond motifs is 3. The van der Waals surface area contributed by atoms with Crippen molar-refractivity contribution in [3.05, 3.63) is 59.7 Å². The van der Waals surface area contributed by atoms with E-state index in [-0.39, 0.29) is 25.5 Å². The lowest BCUT2D eigenvalue weighted by atomic mass is 9.98. The maximum atomic E-state index is 13.2. The van der Waals surface area contributed by atoms with E-state index >= 15 is 0 Å². The number of halogens is 2. The van der Waals surface area contributed by atoms with Crippen LogP contribution in [0.5, 0.6) is 0 Å². The topological polar surface area (TPSA) is 95.9 Å². The van der Waals surface area contributed by atoms with Crippen LogP contribution in [0, 0.1) is 0 Å². The van der Waals surface area contributed by atoms with E-state index in [1.807, 2.05) is 48.5 Å². The summed E-state index contributed by atoms with van der Waals surface area (Å²) >= 11 is 0. The second kappa shape index (κ2) is 10.2. The molecule has 2 unspecified atom stereocenters. The molecule has 2 amide bonds. The first-order valence-electron chi connectivity index (χ1n) is 11.3. The van der Waals surface area contributed by atoms with Gasteiger partial charge < -0.3 is 20.1 Å². The molecule has 0 spiro atoms. The largest absolute Gasteiger partial charge is 0.481 e. The summed E-state index contributed by atoms with van der Waals surface area (Å²) in [6.07, 6.45) is -3.88. The van der Waals surface area contributed by atoms with Gasteiger partial charge in [0.2, 0.25) is 12.3 Å². The fraction of sp³-hybridized carbons (Fsp3) is 0.400. The monoisotopic (exact) mass is 472 g/mol. The number of aliphatic carboxylic acids is 1. The van der Waals surface area contributed by atoms with Gasteiger partial charge in [0, 0.05) is 24.9 Å². The average Bonchev–Trinajstić information content (AvgIpc) is 3.38. The number of hydrogen-bond donors (Lipinski definition) is 2. The van der Waals surface area contributed by atoms with E-state index in [9.17, 15) is 23.2 Å². The molecule has 2 atom stereocenters. The van der Waals surface area contributed by atoms with Crippen molar-refractivity contribution < 1.29 is 33.0 Å². The van der Waals surface area contributed by atoms with Gasteiger partial charge >= 0.3 is 12.1 Å². The lowest BCUT2D eigenvalue weighted by molar-refractivity contribution is -0.141. The van der Waals surface area contributed by atoms with Crippen molar-refractivity contribution in [1.82, 2.24) is 10.2 Å². The predicted molar refractivity (Wildman–Crippen MR) is 120 cm³/mol. The molecule has 2 N–H and O–H groups in total. The number of nitrogens with one attached hydrogen (secondary N) is 1. The summed E-state index contributed by atoms with van der Waals surface area (Å²) < 4.78 is 31.8. The van der Waals surface area contributed by atoms with E-state index in [0.717, 1.165) is 22.3 Å². The molecule has 1 heterocycles. The molecule has 1 aliphatic carbocycles. The fourth-order valence-electron chi connectivity index (χ4n) is 4.92. The molecule has 1 aliphatic heterocycles. The quantitative estimate of drug-likeness (QED) is 0.605. The number of carbonyl (C=O) groups is 3. The Hall–Kier alpha value is -3.49. The molecular formula is C25H26F2N2O5. The normalized spacial score (nSPS) is 17.9. The Balaban J connectivity index is 1.43. The summed E-state index contributed by atoms with van der Waals surface area (Å²) in [5, 5.41) is 11.4. The Morgan fingerprint density at radius 2 is 1.68 bits per heavy atom. The number of ether oxygens (including phenoxy) is 1. The number of alkyl halides is 2. The number of amides is 2. The van der Waals surface area contributed by atoms with Crippen LogP contribution in [0.4, 0.5) is 13.6 Å². The van der Waals surface area contributed by atoms with Gasteiger partial charge in [-0.15, -0.1) is 0 Å². The number of carboxylic acids is 1. The van der Waals surface area contributed by atoms with Crippen LogP contribution in [0.3, 0.4) is 0 Å². The molecule has 1 saturated heterocycles. The van der Waals surface area contributed by atoms with Gasteiger partial charge in [-0.05, 0) is 35.1 Å². The van der Waals surface area contributed by atoms with Crippen LogP contribution in [0.2, 0.25) is 0 Å². The minimum absolute atomic E-state index is 0.0131. The smallest absolute Gasteiger partial charge is 0.407 e. The second-order valence-corrected chi connectivity index (χ2v) is 8.57. The Morgan fingerprint density at radius 1 is 1.06 bits per heavy atom. The molecule has 1 fully saturated rings.